The highest BCUT2D eigenvalue weighted by Gasteiger charge is 2.61. The van der Waals surface area contributed by atoms with E-state index in [1.807, 2.05) is 30.2 Å². The maximum atomic E-state index is 12.8. The molecule has 2 aromatic rings. The third kappa shape index (κ3) is 5.04. The fourth-order valence-corrected chi connectivity index (χ4v) is 4.64. The van der Waals surface area contributed by atoms with Crippen LogP contribution in [0.5, 0.6) is 0 Å². The van der Waals surface area contributed by atoms with Crippen molar-refractivity contribution in [3.63, 3.8) is 0 Å². The zero-order chi connectivity index (χ0) is 24.7. The van der Waals surface area contributed by atoms with Gasteiger partial charge in [0.1, 0.15) is 6.04 Å². The standard InChI is InChI=1S/C21H23F6N5O2/c1-2-32-10-14(16(30-32)12-3-5-28-6-4-12)9-31-8-13-7-29-17(15(13)11-31)18(33)34-19(20(22,23)24)21(25,26)27/h3-6,10,13,15,17,19,29H,2,7-9,11H2,1H3. The van der Waals surface area contributed by atoms with Crippen LogP contribution in [0, 0.1) is 11.8 Å². The number of aryl methyl sites for hydroxylation is 1. The number of halogens is 6. The van der Waals surface area contributed by atoms with Crippen molar-refractivity contribution in [3.8, 4) is 11.3 Å². The maximum absolute atomic E-state index is 12.8. The van der Waals surface area contributed by atoms with Gasteiger partial charge in [-0.05, 0) is 25.0 Å². The molecule has 13 heteroatoms. The number of hydrogen-bond donors (Lipinski definition) is 1. The van der Waals surface area contributed by atoms with Gasteiger partial charge < -0.3 is 10.1 Å². The van der Waals surface area contributed by atoms with Crippen LogP contribution in [0.3, 0.4) is 0 Å². The Balaban J connectivity index is 1.46. The lowest BCUT2D eigenvalue weighted by Gasteiger charge is -2.26. The summed E-state index contributed by atoms with van der Waals surface area (Å²) < 4.78 is 82.6. The molecule has 2 aliphatic heterocycles. The number of nitrogens with one attached hydrogen (secondary N) is 1. The summed E-state index contributed by atoms with van der Waals surface area (Å²) in [6.07, 6.45) is -10.4. The quantitative estimate of drug-likeness (QED) is 0.495. The highest BCUT2D eigenvalue weighted by atomic mass is 19.4. The molecular formula is C21H23F6N5O2. The molecule has 2 aromatic heterocycles. The number of alkyl halides is 6. The summed E-state index contributed by atoms with van der Waals surface area (Å²) in [6, 6.07) is 2.43. The van der Waals surface area contributed by atoms with E-state index >= 15 is 0 Å². The first-order valence-corrected chi connectivity index (χ1v) is 10.7. The van der Waals surface area contributed by atoms with E-state index in [1.165, 1.54) is 0 Å². The van der Waals surface area contributed by atoms with E-state index in [0.717, 1.165) is 16.8 Å². The Bertz CT molecular complexity index is 995. The van der Waals surface area contributed by atoms with Crippen LogP contribution in [0.1, 0.15) is 12.5 Å². The first-order chi connectivity index (χ1) is 16.0. The molecule has 0 aromatic carbocycles. The number of nitrogens with zero attached hydrogens (tertiary/aromatic N) is 4. The topological polar surface area (TPSA) is 72.3 Å². The molecule has 186 valence electrons. The predicted molar refractivity (Wildman–Crippen MR) is 107 cm³/mol. The van der Waals surface area contributed by atoms with Gasteiger partial charge in [0, 0.05) is 68.4 Å². The van der Waals surface area contributed by atoms with Crippen LogP contribution in [0.2, 0.25) is 0 Å². The molecule has 3 unspecified atom stereocenters. The molecule has 0 amide bonds. The number of ether oxygens (including phenoxy) is 1. The summed E-state index contributed by atoms with van der Waals surface area (Å²) in [6.45, 7) is 4.24. The minimum Gasteiger partial charge on any atom is -0.442 e. The molecule has 34 heavy (non-hydrogen) atoms. The van der Waals surface area contributed by atoms with Crippen molar-refractivity contribution in [3.05, 3.63) is 36.3 Å². The Morgan fingerprint density at radius 3 is 2.47 bits per heavy atom. The van der Waals surface area contributed by atoms with E-state index < -0.39 is 36.4 Å². The van der Waals surface area contributed by atoms with Crippen LogP contribution in [-0.4, -0.2) is 69.8 Å². The lowest BCUT2D eigenvalue weighted by molar-refractivity contribution is -0.314. The van der Waals surface area contributed by atoms with Crippen molar-refractivity contribution < 1.29 is 35.9 Å². The summed E-state index contributed by atoms with van der Waals surface area (Å²) in [5, 5.41) is 7.34. The van der Waals surface area contributed by atoms with E-state index in [1.54, 1.807) is 17.1 Å². The fourth-order valence-electron chi connectivity index (χ4n) is 4.64. The molecule has 4 rings (SSSR count). The van der Waals surface area contributed by atoms with Crippen molar-refractivity contribution in [1.82, 2.24) is 25.0 Å². The smallest absolute Gasteiger partial charge is 0.434 e. The zero-order valence-corrected chi connectivity index (χ0v) is 18.1. The molecule has 0 aliphatic carbocycles. The third-order valence-electron chi connectivity index (χ3n) is 6.19. The van der Waals surface area contributed by atoms with Crippen molar-refractivity contribution >= 4 is 5.97 Å². The van der Waals surface area contributed by atoms with Crippen molar-refractivity contribution in [2.24, 2.45) is 11.8 Å². The molecular weight excluding hydrogens is 468 g/mol. The number of carbonyl (C=O) groups is 1. The molecule has 0 saturated carbocycles. The molecule has 1 N–H and O–H groups in total. The average molecular weight is 491 g/mol. The number of pyridine rings is 1. The van der Waals surface area contributed by atoms with Gasteiger partial charge in [0.15, 0.2) is 0 Å². The van der Waals surface area contributed by atoms with Crippen molar-refractivity contribution in [2.75, 3.05) is 19.6 Å². The van der Waals surface area contributed by atoms with Crippen LogP contribution < -0.4 is 5.32 Å². The largest absolute Gasteiger partial charge is 0.442 e. The van der Waals surface area contributed by atoms with Crippen LogP contribution in [0.25, 0.3) is 11.3 Å². The molecule has 0 bridgehead atoms. The summed E-state index contributed by atoms with van der Waals surface area (Å²) in [7, 11) is 0. The first-order valence-electron chi connectivity index (χ1n) is 10.7. The fraction of sp³-hybridized carbons (Fsp3) is 0.571. The van der Waals surface area contributed by atoms with E-state index in [-0.39, 0.29) is 5.92 Å². The normalized spacial score (nSPS) is 23.5. The molecule has 3 atom stereocenters. The van der Waals surface area contributed by atoms with Crippen LogP contribution in [-0.2, 0) is 22.6 Å². The average Bonchev–Trinajstić information content (AvgIpc) is 3.45. The van der Waals surface area contributed by atoms with Gasteiger partial charge in [0.2, 0.25) is 0 Å². The number of fused-ring (bicyclic) bond motifs is 1. The predicted octanol–water partition coefficient (Wildman–Crippen LogP) is 3.02. The van der Waals surface area contributed by atoms with Crippen molar-refractivity contribution in [2.45, 2.75) is 44.5 Å². The zero-order valence-electron chi connectivity index (χ0n) is 18.1. The molecule has 0 spiro atoms. The summed E-state index contributed by atoms with van der Waals surface area (Å²) in [4.78, 5) is 18.4. The number of likely N-dealkylation sites (tertiary alicyclic amines) is 1. The van der Waals surface area contributed by atoms with Crippen molar-refractivity contribution in [1.29, 1.82) is 0 Å². The van der Waals surface area contributed by atoms with Crippen LogP contribution in [0.15, 0.2) is 30.7 Å². The number of esters is 1. The van der Waals surface area contributed by atoms with Gasteiger partial charge in [-0.3, -0.25) is 19.4 Å². The number of aromatic nitrogens is 3. The van der Waals surface area contributed by atoms with Gasteiger partial charge in [0.05, 0.1) is 5.69 Å². The minimum atomic E-state index is -5.74. The van der Waals surface area contributed by atoms with Crippen LogP contribution in [0.4, 0.5) is 26.3 Å². The van der Waals surface area contributed by atoms with Gasteiger partial charge in [-0.25, -0.2) is 0 Å². The maximum Gasteiger partial charge on any atom is 0.434 e. The second-order valence-corrected chi connectivity index (χ2v) is 8.50. The molecule has 2 fully saturated rings. The summed E-state index contributed by atoms with van der Waals surface area (Å²) in [5.74, 6) is -2.09. The van der Waals surface area contributed by atoms with Gasteiger partial charge in [-0.1, -0.05) is 0 Å². The molecule has 2 saturated heterocycles. The highest BCUT2D eigenvalue weighted by molar-refractivity contribution is 5.77. The lowest BCUT2D eigenvalue weighted by Crippen LogP contribution is -2.49. The van der Waals surface area contributed by atoms with E-state index in [4.69, 9.17) is 0 Å². The molecule has 2 aliphatic rings. The number of rotatable bonds is 6. The third-order valence-corrected chi connectivity index (χ3v) is 6.19. The second kappa shape index (κ2) is 9.17. The number of hydrogen-bond acceptors (Lipinski definition) is 6. The van der Waals surface area contributed by atoms with Gasteiger partial charge in [0.25, 0.3) is 6.10 Å². The molecule has 4 heterocycles. The Hall–Kier alpha value is -2.67. The highest BCUT2D eigenvalue weighted by Crippen LogP contribution is 2.38. The number of carbonyl (C=O) groups excluding carboxylic acids is 1. The van der Waals surface area contributed by atoms with E-state index in [0.29, 0.717) is 32.7 Å². The molecule has 7 nitrogen and oxygen atoms in total. The second-order valence-electron chi connectivity index (χ2n) is 8.50. The summed E-state index contributed by atoms with van der Waals surface area (Å²) >= 11 is 0. The van der Waals surface area contributed by atoms with Gasteiger partial charge in [-0.15, -0.1) is 0 Å². The molecule has 0 radical (unpaired) electrons. The van der Waals surface area contributed by atoms with Gasteiger partial charge >= 0.3 is 18.3 Å². The Kier molecular flexibility index (Phi) is 6.60. The Morgan fingerprint density at radius 2 is 1.85 bits per heavy atom. The van der Waals surface area contributed by atoms with E-state index in [2.05, 4.69) is 20.1 Å². The SMILES string of the molecule is CCn1cc(CN2CC3CNC(C(=O)OC(C(F)(F)F)C(F)(F)F)C3C2)c(-c2ccncc2)n1. The summed E-state index contributed by atoms with van der Waals surface area (Å²) in [5.41, 5.74) is 2.58. The van der Waals surface area contributed by atoms with Crippen LogP contribution >= 0.6 is 0 Å². The van der Waals surface area contributed by atoms with E-state index in [9.17, 15) is 31.1 Å². The Labute approximate surface area is 191 Å². The Morgan fingerprint density at radius 1 is 1.18 bits per heavy atom. The minimum absolute atomic E-state index is 0.0987. The lowest BCUT2D eigenvalue weighted by atomic mass is 9.94. The van der Waals surface area contributed by atoms with Gasteiger partial charge in [-0.2, -0.15) is 31.4 Å². The first kappa shape index (κ1) is 24.5. The monoisotopic (exact) mass is 491 g/mol.